The van der Waals surface area contributed by atoms with E-state index < -0.39 is 0 Å². The van der Waals surface area contributed by atoms with Crippen molar-refractivity contribution in [3.8, 4) is 0 Å². The lowest BCUT2D eigenvalue weighted by molar-refractivity contribution is 0.0963. The first-order valence-corrected chi connectivity index (χ1v) is 9.11. The summed E-state index contributed by atoms with van der Waals surface area (Å²) in [5.74, 6) is 0.273. The minimum absolute atomic E-state index is 0. The van der Waals surface area contributed by atoms with Gasteiger partial charge >= 0.3 is 0 Å². The summed E-state index contributed by atoms with van der Waals surface area (Å²) in [6.07, 6.45) is 0.528. The first kappa shape index (κ1) is 24.8. The molecule has 158 valence electrons. The molecular formula is C21H28FIN4O2. The zero-order valence-corrected chi connectivity index (χ0v) is 19.2. The molecule has 1 unspecified atom stereocenters. The van der Waals surface area contributed by atoms with E-state index in [4.69, 9.17) is 4.74 Å². The number of amides is 1. The predicted octanol–water partition coefficient (Wildman–Crippen LogP) is 2.90. The van der Waals surface area contributed by atoms with Gasteiger partial charge in [-0.15, -0.1) is 24.0 Å². The monoisotopic (exact) mass is 514 g/mol. The molecule has 2 aromatic carbocycles. The molecule has 0 heterocycles. The summed E-state index contributed by atoms with van der Waals surface area (Å²) in [5, 5.41) is 9.08. The van der Waals surface area contributed by atoms with E-state index in [0.717, 1.165) is 17.5 Å². The highest BCUT2D eigenvalue weighted by Crippen LogP contribution is 2.16. The largest absolute Gasteiger partial charge is 0.375 e. The van der Waals surface area contributed by atoms with Crippen LogP contribution in [-0.2, 0) is 11.2 Å². The van der Waals surface area contributed by atoms with Crippen molar-refractivity contribution in [1.82, 2.24) is 16.0 Å². The molecule has 0 saturated heterocycles. The van der Waals surface area contributed by atoms with E-state index in [0.29, 0.717) is 24.6 Å². The summed E-state index contributed by atoms with van der Waals surface area (Å²) in [5.41, 5.74) is 2.59. The van der Waals surface area contributed by atoms with Gasteiger partial charge in [0.05, 0.1) is 6.10 Å². The maximum Gasteiger partial charge on any atom is 0.251 e. The summed E-state index contributed by atoms with van der Waals surface area (Å²) in [6.45, 7) is 1.15. The molecule has 0 aliphatic heterocycles. The van der Waals surface area contributed by atoms with Gasteiger partial charge in [-0.3, -0.25) is 9.79 Å². The molecule has 0 bridgehead atoms. The van der Waals surface area contributed by atoms with E-state index in [1.165, 1.54) is 12.1 Å². The van der Waals surface area contributed by atoms with Crippen LogP contribution >= 0.6 is 24.0 Å². The fourth-order valence-corrected chi connectivity index (χ4v) is 2.76. The molecule has 0 radical (unpaired) electrons. The Kier molecular flexibility index (Phi) is 11.2. The molecule has 0 aliphatic rings. The summed E-state index contributed by atoms with van der Waals surface area (Å²) in [6, 6.07) is 13.8. The lowest BCUT2D eigenvalue weighted by atomic mass is 10.1. The standard InChI is InChI=1S/C21H27FN4O2.HI/c1-23-20(27)17-6-4-5-15(13-17)11-12-25-21(24-2)26-14-19(28-3)16-7-9-18(22)10-8-16;/h4-10,13,19H,11-12,14H2,1-3H3,(H,23,27)(H2,24,25,26);1H. The second kappa shape index (κ2) is 13.1. The van der Waals surface area contributed by atoms with E-state index in [9.17, 15) is 9.18 Å². The molecule has 0 aliphatic carbocycles. The average Bonchev–Trinajstić information content (AvgIpc) is 2.73. The number of rotatable bonds is 8. The zero-order valence-electron chi connectivity index (χ0n) is 16.9. The number of benzene rings is 2. The normalized spacial score (nSPS) is 11.9. The summed E-state index contributed by atoms with van der Waals surface area (Å²) in [7, 11) is 4.93. The van der Waals surface area contributed by atoms with Crippen LogP contribution < -0.4 is 16.0 Å². The van der Waals surface area contributed by atoms with Crippen molar-refractivity contribution in [1.29, 1.82) is 0 Å². The van der Waals surface area contributed by atoms with Gasteiger partial charge in [-0.1, -0.05) is 24.3 Å². The minimum Gasteiger partial charge on any atom is -0.375 e. The van der Waals surface area contributed by atoms with Gasteiger partial charge in [0.1, 0.15) is 5.82 Å². The van der Waals surface area contributed by atoms with E-state index in [-0.39, 0.29) is 41.8 Å². The van der Waals surface area contributed by atoms with Crippen molar-refractivity contribution in [2.45, 2.75) is 12.5 Å². The van der Waals surface area contributed by atoms with E-state index in [2.05, 4.69) is 20.9 Å². The van der Waals surface area contributed by atoms with Gasteiger partial charge in [0.25, 0.3) is 5.91 Å². The van der Waals surface area contributed by atoms with Crippen molar-refractivity contribution >= 4 is 35.8 Å². The summed E-state index contributed by atoms with van der Waals surface area (Å²) in [4.78, 5) is 15.9. The van der Waals surface area contributed by atoms with Crippen LogP contribution in [0.3, 0.4) is 0 Å². The highest BCUT2D eigenvalue weighted by atomic mass is 127. The fourth-order valence-electron chi connectivity index (χ4n) is 2.76. The van der Waals surface area contributed by atoms with Crippen molar-refractivity contribution in [2.75, 3.05) is 34.3 Å². The molecule has 3 N–H and O–H groups in total. The predicted molar refractivity (Wildman–Crippen MR) is 124 cm³/mol. The van der Waals surface area contributed by atoms with Crippen molar-refractivity contribution in [2.24, 2.45) is 4.99 Å². The Morgan fingerprint density at radius 3 is 2.52 bits per heavy atom. The number of nitrogens with zero attached hydrogens (tertiary/aromatic N) is 1. The third-order valence-corrected chi connectivity index (χ3v) is 4.33. The molecule has 0 saturated carbocycles. The van der Waals surface area contributed by atoms with Crippen LogP contribution in [0.4, 0.5) is 4.39 Å². The second-order valence-corrected chi connectivity index (χ2v) is 6.19. The Morgan fingerprint density at radius 1 is 1.17 bits per heavy atom. The summed E-state index contributed by atoms with van der Waals surface area (Å²) < 4.78 is 18.6. The number of halogens is 2. The topological polar surface area (TPSA) is 74.8 Å². The van der Waals surface area contributed by atoms with Gasteiger partial charge < -0.3 is 20.7 Å². The molecule has 1 amide bonds. The van der Waals surface area contributed by atoms with Gasteiger partial charge in [-0.25, -0.2) is 4.39 Å². The van der Waals surface area contributed by atoms with Crippen LogP contribution in [0.15, 0.2) is 53.5 Å². The summed E-state index contributed by atoms with van der Waals surface area (Å²) >= 11 is 0. The Hall–Kier alpha value is -2.20. The smallest absolute Gasteiger partial charge is 0.251 e. The number of hydrogen-bond donors (Lipinski definition) is 3. The van der Waals surface area contributed by atoms with Crippen LogP contribution in [-0.4, -0.2) is 46.2 Å². The van der Waals surface area contributed by atoms with Gasteiger partial charge in [0, 0.05) is 39.9 Å². The molecule has 0 fully saturated rings. The van der Waals surface area contributed by atoms with Gasteiger partial charge in [-0.2, -0.15) is 0 Å². The molecule has 0 aromatic heterocycles. The zero-order chi connectivity index (χ0) is 20.4. The maximum absolute atomic E-state index is 13.1. The minimum atomic E-state index is -0.274. The first-order valence-electron chi connectivity index (χ1n) is 9.11. The van der Waals surface area contributed by atoms with Crippen LogP contribution in [0.5, 0.6) is 0 Å². The van der Waals surface area contributed by atoms with E-state index in [1.807, 2.05) is 18.2 Å². The Morgan fingerprint density at radius 2 is 1.90 bits per heavy atom. The molecule has 2 rings (SSSR count). The molecule has 1 atom stereocenters. The quantitative estimate of drug-likeness (QED) is 0.288. The number of hydrogen-bond acceptors (Lipinski definition) is 3. The molecule has 6 nitrogen and oxygen atoms in total. The van der Waals surface area contributed by atoms with Crippen molar-refractivity contribution < 1.29 is 13.9 Å². The SMILES string of the molecule is CN=C(NCCc1cccc(C(=O)NC)c1)NCC(OC)c1ccc(F)cc1.I. The second-order valence-electron chi connectivity index (χ2n) is 6.19. The average molecular weight is 514 g/mol. The molecule has 29 heavy (non-hydrogen) atoms. The molecule has 0 spiro atoms. The third kappa shape index (κ3) is 7.98. The van der Waals surface area contributed by atoms with Gasteiger partial charge in [-0.05, 0) is 41.8 Å². The van der Waals surface area contributed by atoms with Gasteiger partial charge in [0.2, 0.25) is 0 Å². The van der Waals surface area contributed by atoms with Crippen molar-refractivity contribution in [3.63, 3.8) is 0 Å². The number of methoxy groups -OCH3 is 1. The fraction of sp³-hybridized carbons (Fsp3) is 0.333. The molecule has 2 aromatic rings. The van der Waals surface area contributed by atoms with Crippen LogP contribution in [0.2, 0.25) is 0 Å². The highest BCUT2D eigenvalue weighted by Gasteiger charge is 2.11. The van der Waals surface area contributed by atoms with Crippen LogP contribution in [0.25, 0.3) is 0 Å². The number of nitrogens with one attached hydrogen (secondary N) is 3. The molecule has 8 heteroatoms. The first-order chi connectivity index (χ1) is 13.6. The molecular weight excluding hydrogens is 486 g/mol. The van der Waals surface area contributed by atoms with Gasteiger partial charge in [0.15, 0.2) is 5.96 Å². The number of carbonyl (C=O) groups is 1. The number of carbonyl (C=O) groups excluding carboxylic acids is 1. The number of aliphatic imine (C=N–C) groups is 1. The highest BCUT2D eigenvalue weighted by molar-refractivity contribution is 14.0. The third-order valence-electron chi connectivity index (χ3n) is 4.33. The number of ether oxygens (including phenoxy) is 1. The number of guanidine groups is 1. The van der Waals surface area contributed by atoms with E-state index >= 15 is 0 Å². The Balaban J connectivity index is 0.00000420. The Labute approximate surface area is 188 Å². The van der Waals surface area contributed by atoms with Crippen LogP contribution in [0, 0.1) is 5.82 Å². The van der Waals surface area contributed by atoms with Crippen molar-refractivity contribution in [3.05, 3.63) is 71.0 Å². The van der Waals surface area contributed by atoms with E-state index in [1.54, 1.807) is 39.4 Å². The lowest BCUT2D eigenvalue weighted by Crippen LogP contribution is -2.40. The Bertz CT molecular complexity index is 800. The van der Waals surface area contributed by atoms with Crippen LogP contribution in [0.1, 0.15) is 27.6 Å². The maximum atomic E-state index is 13.1. The lowest BCUT2D eigenvalue weighted by Gasteiger charge is -2.19.